The molecule has 3 heterocycles. The van der Waals surface area contributed by atoms with Crippen LogP contribution < -0.4 is 10.6 Å². The van der Waals surface area contributed by atoms with Crippen LogP contribution in [0.15, 0.2) is 17.5 Å². The monoisotopic (exact) mass is 437 g/mol. The van der Waals surface area contributed by atoms with E-state index in [1.807, 2.05) is 0 Å². The number of thiophene rings is 1. The molecule has 2 fully saturated rings. The second-order valence-electron chi connectivity index (χ2n) is 7.27. The number of carbonyl (C=O) groups is 1. The minimum Gasteiger partial charge on any atom is -0.379 e. The van der Waals surface area contributed by atoms with Gasteiger partial charge in [-0.3, -0.25) is 9.69 Å². The SMILES string of the molecule is CC(CC(=O)NCC(c1cccs1)N1CCOCC1)C1CCCNC1.Cl.Cl. The molecular weight excluding hydrogens is 405 g/mol. The van der Waals surface area contributed by atoms with Gasteiger partial charge in [-0.2, -0.15) is 0 Å². The minimum absolute atomic E-state index is 0. The Morgan fingerprint density at radius 2 is 2.19 bits per heavy atom. The molecule has 2 aliphatic rings. The topological polar surface area (TPSA) is 53.6 Å². The number of nitrogens with one attached hydrogen (secondary N) is 2. The maximum Gasteiger partial charge on any atom is 0.220 e. The van der Waals surface area contributed by atoms with E-state index >= 15 is 0 Å². The molecule has 3 atom stereocenters. The van der Waals surface area contributed by atoms with E-state index in [9.17, 15) is 4.79 Å². The van der Waals surface area contributed by atoms with Crippen LogP contribution in [0.3, 0.4) is 0 Å². The fraction of sp³-hybridized carbons (Fsp3) is 0.737. The Morgan fingerprint density at radius 3 is 2.81 bits per heavy atom. The summed E-state index contributed by atoms with van der Waals surface area (Å²) in [5.41, 5.74) is 0. The number of halogens is 2. The van der Waals surface area contributed by atoms with Crippen LogP contribution in [-0.2, 0) is 9.53 Å². The van der Waals surface area contributed by atoms with Crippen molar-refractivity contribution in [2.75, 3.05) is 45.9 Å². The molecule has 0 radical (unpaired) electrons. The van der Waals surface area contributed by atoms with Crippen LogP contribution in [0.25, 0.3) is 0 Å². The van der Waals surface area contributed by atoms with E-state index in [4.69, 9.17) is 4.74 Å². The third-order valence-electron chi connectivity index (χ3n) is 5.50. The van der Waals surface area contributed by atoms with E-state index in [-0.39, 0.29) is 36.8 Å². The van der Waals surface area contributed by atoms with Crippen molar-refractivity contribution in [1.82, 2.24) is 15.5 Å². The maximum atomic E-state index is 12.5. The van der Waals surface area contributed by atoms with Crippen LogP contribution in [-0.4, -0.2) is 56.7 Å². The van der Waals surface area contributed by atoms with Gasteiger partial charge in [-0.15, -0.1) is 36.2 Å². The normalized spacial score (nSPS) is 22.8. The Balaban J connectivity index is 0.00000182. The highest BCUT2D eigenvalue weighted by molar-refractivity contribution is 7.10. The summed E-state index contributed by atoms with van der Waals surface area (Å²) in [6.07, 6.45) is 3.10. The fourth-order valence-corrected chi connectivity index (χ4v) is 4.75. The molecule has 0 aliphatic carbocycles. The Kier molecular flexibility index (Phi) is 11.8. The largest absolute Gasteiger partial charge is 0.379 e. The second kappa shape index (κ2) is 13.0. The lowest BCUT2D eigenvalue weighted by molar-refractivity contribution is -0.122. The molecule has 2 N–H and O–H groups in total. The quantitative estimate of drug-likeness (QED) is 0.687. The summed E-state index contributed by atoms with van der Waals surface area (Å²) in [4.78, 5) is 16.2. The summed E-state index contributed by atoms with van der Waals surface area (Å²) in [6, 6.07) is 4.53. The number of morpholine rings is 1. The molecule has 0 aromatic carbocycles. The zero-order chi connectivity index (χ0) is 17.5. The van der Waals surface area contributed by atoms with Gasteiger partial charge < -0.3 is 15.4 Å². The summed E-state index contributed by atoms with van der Waals surface area (Å²) in [5, 5.41) is 8.77. The Hall–Kier alpha value is -0.370. The van der Waals surface area contributed by atoms with Gasteiger partial charge in [0.25, 0.3) is 0 Å². The second-order valence-corrected chi connectivity index (χ2v) is 8.25. The maximum absolute atomic E-state index is 12.5. The molecule has 3 rings (SSSR count). The van der Waals surface area contributed by atoms with E-state index in [1.54, 1.807) is 11.3 Å². The van der Waals surface area contributed by atoms with E-state index in [1.165, 1.54) is 17.7 Å². The molecule has 1 aromatic heterocycles. The number of piperidine rings is 1. The number of carbonyl (C=O) groups excluding carboxylic acids is 1. The minimum atomic E-state index is 0. The predicted molar refractivity (Wildman–Crippen MR) is 116 cm³/mol. The highest BCUT2D eigenvalue weighted by atomic mass is 35.5. The lowest BCUT2D eigenvalue weighted by atomic mass is 9.85. The van der Waals surface area contributed by atoms with Crippen LogP contribution >= 0.6 is 36.2 Å². The number of rotatable bonds is 7. The molecule has 2 saturated heterocycles. The first-order valence-corrected chi connectivity index (χ1v) is 10.4. The van der Waals surface area contributed by atoms with Gasteiger partial charge in [-0.05, 0) is 49.2 Å². The Morgan fingerprint density at radius 1 is 1.41 bits per heavy atom. The summed E-state index contributed by atoms with van der Waals surface area (Å²) < 4.78 is 5.48. The van der Waals surface area contributed by atoms with Gasteiger partial charge in [-0.25, -0.2) is 0 Å². The Bertz CT molecular complexity index is 521. The molecule has 2 aliphatic heterocycles. The van der Waals surface area contributed by atoms with E-state index in [2.05, 4.69) is 40.0 Å². The molecular formula is C19H33Cl2N3O2S. The lowest BCUT2D eigenvalue weighted by Crippen LogP contribution is -2.44. The Labute approximate surface area is 179 Å². The third kappa shape index (κ3) is 7.52. The highest BCUT2D eigenvalue weighted by Gasteiger charge is 2.25. The molecule has 156 valence electrons. The molecule has 0 bridgehead atoms. The lowest BCUT2D eigenvalue weighted by Gasteiger charge is -2.34. The van der Waals surface area contributed by atoms with Gasteiger partial charge in [-0.1, -0.05) is 13.0 Å². The van der Waals surface area contributed by atoms with Crippen molar-refractivity contribution < 1.29 is 9.53 Å². The molecule has 27 heavy (non-hydrogen) atoms. The third-order valence-corrected chi connectivity index (χ3v) is 6.47. The first kappa shape index (κ1) is 24.7. The summed E-state index contributed by atoms with van der Waals surface area (Å²) in [5.74, 6) is 1.26. The van der Waals surface area contributed by atoms with Crippen molar-refractivity contribution in [2.45, 2.75) is 32.2 Å². The first-order chi connectivity index (χ1) is 12.2. The summed E-state index contributed by atoms with van der Waals surface area (Å²) in [6.45, 7) is 8.51. The van der Waals surface area contributed by atoms with E-state index < -0.39 is 0 Å². The van der Waals surface area contributed by atoms with Gasteiger partial charge in [0.05, 0.1) is 19.3 Å². The van der Waals surface area contributed by atoms with Gasteiger partial charge >= 0.3 is 0 Å². The zero-order valence-electron chi connectivity index (χ0n) is 16.0. The molecule has 3 unspecified atom stereocenters. The molecule has 8 heteroatoms. The number of nitrogens with zero attached hydrogens (tertiary/aromatic N) is 1. The molecule has 0 spiro atoms. The van der Waals surface area contributed by atoms with Crippen molar-refractivity contribution in [2.24, 2.45) is 11.8 Å². The van der Waals surface area contributed by atoms with Crippen molar-refractivity contribution in [3.05, 3.63) is 22.4 Å². The molecule has 1 aromatic rings. The van der Waals surface area contributed by atoms with Crippen molar-refractivity contribution in [3.8, 4) is 0 Å². The standard InChI is InChI=1S/C19H31N3O2S.2ClH/c1-15(16-4-2-6-20-13-16)12-19(23)21-14-17(18-5-3-11-25-18)22-7-9-24-10-8-22;;/h3,5,11,15-17,20H,2,4,6-10,12-14H2,1H3,(H,21,23);2*1H. The van der Waals surface area contributed by atoms with Crippen LogP contribution in [0.1, 0.15) is 37.1 Å². The van der Waals surface area contributed by atoms with Gasteiger partial charge in [0.2, 0.25) is 5.91 Å². The molecule has 1 amide bonds. The van der Waals surface area contributed by atoms with E-state index in [0.717, 1.165) is 39.4 Å². The van der Waals surface area contributed by atoms with Crippen LogP contribution in [0, 0.1) is 11.8 Å². The van der Waals surface area contributed by atoms with Gasteiger partial charge in [0.15, 0.2) is 0 Å². The first-order valence-electron chi connectivity index (χ1n) is 9.56. The highest BCUT2D eigenvalue weighted by Crippen LogP contribution is 2.26. The predicted octanol–water partition coefficient (Wildman–Crippen LogP) is 3.11. The smallest absolute Gasteiger partial charge is 0.220 e. The van der Waals surface area contributed by atoms with E-state index in [0.29, 0.717) is 24.8 Å². The zero-order valence-corrected chi connectivity index (χ0v) is 18.5. The van der Waals surface area contributed by atoms with Crippen LogP contribution in [0.4, 0.5) is 0 Å². The van der Waals surface area contributed by atoms with Crippen molar-refractivity contribution in [3.63, 3.8) is 0 Å². The van der Waals surface area contributed by atoms with Crippen molar-refractivity contribution in [1.29, 1.82) is 0 Å². The van der Waals surface area contributed by atoms with Crippen LogP contribution in [0.5, 0.6) is 0 Å². The van der Waals surface area contributed by atoms with Gasteiger partial charge in [0, 0.05) is 30.9 Å². The number of hydrogen-bond acceptors (Lipinski definition) is 5. The number of amides is 1. The number of ether oxygens (including phenoxy) is 1. The number of hydrogen-bond donors (Lipinski definition) is 2. The molecule has 0 saturated carbocycles. The van der Waals surface area contributed by atoms with Gasteiger partial charge in [0.1, 0.15) is 0 Å². The fourth-order valence-electron chi connectivity index (χ4n) is 3.89. The summed E-state index contributed by atoms with van der Waals surface area (Å²) in [7, 11) is 0. The van der Waals surface area contributed by atoms with Crippen molar-refractivity contribution >= 4 is 42.1 Å². The summed E-state index contributed by atoms with van der Waals surface area (Å²) >= 11 is 1.77. The van der Waals surface area contributed by atoms with Crippen LogP contribution in [0.2, 0.25) is 0 Å². The average Bonchev–Trinajstić information content (AvgIpc) is 3.18. The molecule has 5 nitrogen and oxygen atoms in total. The average molecular weight is 438 g/mol.